The molecule has 1 aliphatic heterocycles. The first-order chi connectivity index (χ1) is 13.6. The van der Waals surface area contributed by atoms with Gasteiger partial charge in [0, 0.05) is 38.3 Å². The van der Waals surface area contributed by atoms with Crippen LogP contribution < -0.4 is 5.32 Å². The molecule has 1 atom stereocenters. The number of rotatable bonds is 10. The number of aromatic nitrogens is 3. The highest BCUT2D eigenvalue weighted by Gasteiger charge is 2.15. The van der Waals surface area contributed by atoms with E-state index in [2.05, 4.69) is 21.6 Å². The van der Waals surface area contributed by atoms with Crippen molar-refractivity contribution in [3.63, 3.8) is 0 Å². The maximum absolute atomic E-state index is 12.1. The van der Waals surface area contributed by atoms with Crippen LogP contribution in [0.15, 0.2) is 24.3 Å². The van der Waals surface area contributed by atoms with E-state index >= 15 is 0 Å². The Bertz CT molecular complexity index is 827. The van der Waals surface area contributed by atoms with E-state index in [1.807, 2.05) is 29.7 Å². The van der Waals surface area contributed by atoms with E-state index in [4.69, 9.17) is 21.7 Å². The maximum Gasteiger partial charge on any atom is 0.221 e. The first kappa shape index (κ1) is 20.7. The van der Waals surface area contributed by atoms with Crippen LogP contribution in [0.4, 0.5) is 0 Å². The van der Waals surface area contributed by atoms with E-state index < -0.39 is 0 Å². The quantitative estimate of drug-likeness (QED) is 0.470. The number of aromatic amines is 1. The van der Waals surface area contributed by atoms with Gasteiger partial charge in [0.15, 0.2) is 10.6 Å². The van der Waals surface area contributed by atoms with Crippen LogP contribution in [-0.4, -0.2) is 53.1 Å². The third-order valence-corrected chi connectivity index (χ3v) is 5.02. The van der Waals surface area contributed by atoms with Crippen LogP contribution in [0.25, 0.3) is 11.4 Å². The van der Waals surface area contributed by atoms with Crippen molar-refractivity contribution < 1.29 is 14.3 Å². The van der Waals surface area contributed by atoms with Gasteiger partial charge in [0.1, 0.15) is 0 Å². The molecule has 3 rings (SSSR count). The molecular formula is C20H28N4O3S. The van der Waals surface area contributed by atoms with Gasteiger partial charge in [0.05, 0.1) is 12.7 Å². The Labute approximate surface area is 170 Å². The summed E-state index contributed by atoms with van der Waals surface area (Å²) >= 11 is 5.32. The van der Waals surface area contributed by atoms with Crippen LogP contribution in [0.2, 0.25) is 0 Å². The smallest absolute Gasteiger partial charge is 0.221 e. The number of ether oxygens (including phenoxy) is 2. The highest BCUT2D eigenvalue weighted by molar-refractivity contribution is 7.71. The van der Waals surface area contributed by atoms with Gasteiger partial charge >= 0.3 is 0 Å². The summed E-state index contributed by atoms with van der Waals surface area (Å²) in [5.74, 6) is 0.751. The number of carbonyl (C=O) groups excluding carboxylic acids is 1. The van der Waals surface area contributed by atoms with Crippen molar-refractivity contribution in [1.82, 2.24) is 20.1 Å². The van der Waals surface area contributed by atoms with E-state index in [1.165, 1.54) is 0 Å². The summed E-state index contributed by atoms with van der Waals surface area (Å²) < 4.78 is 13.5. The summed E-state index contributed by atoms with van der Waals surface area (Å²) in [6.07, 6.45) is 3.59. The fourth-order valence-corrected chi connectivity index (χ4v) is 3.45. The fraction of sp³-hybridized carbons (Fsp3) is 0.550. The van der Waals surface area contributed by atoms with Crippen molar-refractivity contribution in [2.24, 2.45) is 0 Å². The summed E-state index contributed by atoms with van der Waals surface area (Å²) in [7, 11) is 0. The molecule has 8 heteroatoms. The zero-order valence-electron chi connectivity index (χ0n) is 16.3. The average Bonchev–Trinajstić information content (AvgIpc) is 3.32. The molecule has 2 heterocycles. The minimum absolute atomic E-state index is 0.00239. The van der Waals surface area contributed by atoms with Crippen molar-refractivity contribution in [3.8, 4) is 11.4 Å². The Kier molecular flexibility index (Phi) is 7.76. The normalized spacial score (nSPS) is 16.4. The zero-order chi connectivity index (χ0) is 19.8. The molecule has 1 aromatic heterocycles. The third kappa shape index (κ3) is 5.98. The van der Waals surface area contributed by atoms with Crippen molar-refractivity contribution >= 4 is 18.1 Å². The number of nitrogens with one attached hydrogen (secondary N) is 2. The number of nitrogens with zero attached hydrogens (tertiary/aromatic N) is 2. The first-order valence-electron chi connectivity index (χ1n) is 9.82. The minimum Gasteiger partial charge on any atom is -0.379 e. The molecule has 152 valence electrons. The van der Waals surface area contributed by atoms with Gasteiger partial charge in [-0.15, -0.1) is 0 Å². The molecule has 1 amide bonds. The van der Waals surface area contributed by atoms with E-state index in [-0.39, 0.29) is 12.0 Å². The predicted octanol–water partition coefficient (Wildman–Crippen LogP) is 3.01. The lowest BCUT2D eigenvalue weighted by molar-refractivity contribution is -0.121. The predicted molar refractivity (Wildman–Crippen MR) is 110 cm³/mol. The molecule has 0 saturated carbocycles. The summed E-state index contributed by atoms with van der Waals surface area (Å²) in [4.78, 5) is 12.1. The third-order valence-electron chi connectivity index (χ3n) is 4.71. The number of amides is 1. The Balaban J connectivity index is 1.39. The molecule has 1 fully saturated rings. The van der Waals surface area contributed by atoms with Crippen LogP contribution in [0, 0.1) is 11.7 Å². The Morgan fingerprint density at radius 1 is 1.50 bits per heavy atom. The molecule has 1 aliphatic rings. The number of H-pyrrole nitrogens is 1. The van der Waals surface area contributed by atoms with Crippen LogP contribution in [0.3, 0.4) is 0 Å². The standard InChI is InChI=1S/C20H28N4O3S/c1-15-5-2-6-16(13-15)19-22-23-20(28)24(19)10-8-18(25)21-9-4-11-26-14-17-7-3-12-27-17/h2,5-6,13,17H,3-4,7-12,14H2,1H3,(H,21,25)(H,23,28). The number of aryl methyl sites for hydroxylation is 1. The summed E-state index contributed by atoms with van der Waals surface area (Å²) in [5, 5.41) is 10.1. The monoisotopic (exact) mass is 404 g/mol. The molecule has 1 unspecified atom stereocenters. The maximum atomic E-state index is 12.1. The fourth-order valence-electron chi connectivity index (χ4n) is 3.22. The van der Waals surface area contributed by atoms with E-state index in [9.17, 15) is 4.79 Å². The molecule has 1 saturated heterocycles. The number of benzene rings is 1. The molecule has 0 spiro atoms. The topological polar surface area (TPSA) is 81.2 Å². The van der Waals surface area contributed by atoms with Crippen LogP contribution in [-0.2, 0) is 20.8 Å². The van der Waals surface area contributed by atoms with Crippen molar-refractivity contribution in [2.45, 2.75) is 45.3 Å². The SMILES string of the molecule is Cc1cccc(-c2n[nH]c(=S)n2CCC(=O)NCCCOCC2CCCO2)c1. The van der Waals surface area contributed by atoms with Crippen molar-refractivity contribution in [2.75, 3.05) is 26.4 Å². The molecular weight excluding hydrogens is 376 g/mol. The van der Waals surface area contributed by atoms with Crippen LogP contribution in [0.1, 0.15) is 31.2 Å². The second kappa shape index (κ2) is 10.5. The molecule has 0 aliphatic carbocycles. The Morgan fingerprint density at radius 2 is 2.39 bits per heavy atom. The summed E-state index contributed by atoms with van der Waals surface area (Å²) in [5.41, 5.74) is 2.13. The van der Waals surface area contributed by atoms with Gasteiger partial charge in [-0.25, -0.2) is 0 Å². The van der Waals surface area contributed by atoms with Gasteiger partial charge in [-0.2, -0.15) is 5.10 Å². The highest BCUT2D eigenvalue weighted by Crippen LogP contribution is 2.18. The second-order valence-corrected chi connectivity index (χ2v) is 7.42. The number of hydrogen-bond acceptors (Lipinski definition) is 5. The largest absolute Gasteiger partial charge is 0.379 e. The lowest BCUT2D eigenvalue weighted by Gasteiger charge is -2.11. The molecule has 1 aromatic carbocycles. The van der Waals surface area contributed by atoms with E-state index in [0.717, 1.165) is 42.8 Å². The van der Waals surface area contributed by atoms with E-state index in [0.29, 0.717) is 37.5 Å². The summed E-state index contributed by atoms with van der Waals surface area (Å²) in [6, 6.07) is 8.07. The molecule has 2 N–H and O–H groups in total. The van der Waals surface area contributed by atoms with Crippen molar-refractivity contribution in [3.05, 3.63) is 34.6 Å². The molecule has 0 radical (unpaired) electrons. The number of carbonyl (C=O) groups is 1. The van der Waals surface area contributed by atoms with Crippen LogP contribution >= 0.6 is 12.2 Å². The van der Waals surface area contributed by atoms with Gasteiger partial charge in [0.25, 0.3) is 0 Å². The lowest BCUT2D eigenvalue weighted by Crippen LogP contribution is -2.26. The molecule has 2 aromatic rings. The van der Waals surface area contributed by atoms with Crippen molar-refractivity contribution in [1.29, 1.82) is 0 Å². The second-order valence-electron chi connectivity index (χ2n) is 7.04. The van der Waals surface area contributed by atoms with Gasteiger partial charge in [-0.3, -0.25) is 14.5 Å². The Hall–Kier alpha value is -2.03. The lowest BCUT2D eigenvalue weighted by atomic mass is 10.1. The summed E-state index contributed by atoms with van der Waals surface area (Å²) in [6.45, 7) is 5.24. The molecule has 28 heavy (non-hydrogen) atoms. The first-order valence-corrected chi connectivity index (χ1v) is 10.2. The van der Waals surface area contributed by atoms with Gasteiger partial charge in [-0.1, -0.05) is 23.8 Å². The molecule has 7 nitrogen and oxygen atoms in total. The zero-order valence-corrected chi connectivity index (χ0v) is 17.1. The van der Waals surface area contributed by atoms with Gasteiger partial charge in [0.2, 0.25) is 5.91 Å². The number of hydrogen-bond donors (Lipinski definition) is 2. The van der Waals surface area contributed by atoms with Gasteiger partial charge in [-0.05, 0) is 44.5 Å². The highest BCUT2D eigenvalue weighted by atomic mass is 32.1. The van der Waals surface area contributed by atoms with Gasteiger partial charge < -0.3 is 14.8 Å². The molecule has 0 bridgehead atoms. The average molecular weight is 405 g/mol. The van der Waals surface area contributed by atoms with E-state index in [1.54, 1.807) is 0 Å². The minimum atomic E-state index is -0.00239. The Morgan fingerprint density at radius 3 is 3.18 bits per heavy atom. The van der Waals surface area contributed by atoms with Crippen LogP contribution in [0.5, 0.6) is 0 Å².